The molecule has 0 fully saturated rings. The quantitative estimate of drug-likeness (QED) is 0.302. The second-order valence-corrected chi connectivity index (χ2v) is 13.9. The summed E-state index contributed by atoms with van der Waals surface area (Å²) in [4.78, 5) is 26.8. The first-order valence-corrected chi connectivity index (χ1v) is 16.8. The fraction of sp³-hybridized carbons (Fsp3) is 0.226. The largest absolute Gasteiger partial charge is 0.510 e. The van der Waals surface area contributed by atoms with Gasteiger partial charge in [-0.25, -0.2) is 26.4 Å². The number of carbonyl (C=O) groups is 2. The molecule has 1 aliphatic rings. The van der Waals surface area contributed by atoms with Gasteiger partial charge in [-0.1, -0.05) is 60.1 Å². The summed E-state index contributed by atoms with van der Waals surface area (Å²) in [6.45, 7) is 2.77. The fourth-order valence-corrected chi connectivity index (χ4v) is 8.47. The molecule has 1 N–H and O–H groups in total. The molecule has 0 spiro atoms. The molecule has 0 heterocycles. The molecule has 226 valence electrons. The van der Waals surface area contributed by atoms with E-state index in [1.807, 2.05) is 0 Å². The molecule has 2 atom stereocenters. The van der Waals surface area contributed by atoms with Crippen LogP contribution in [-0.2, 0) is 38.7 Å². The summed E-state index contributed by atoms with van der Waals surface area (Å²) in [5, 5.41) is 9.96. The zero-order chi connectivity index (χ0) is 31.4. The van der Waals surface area contributed by atoms with Crippen LogP contribution in [0.2, 0.25) is 5.02 Å². The van der Waals surface area contributed by atoms with Crippen LogP contribution in [0.3, 0.4) is 0 Å². The first-order valence-electron chi connectivity index (χ1n) is 13.3. The van der Waals surface area contributed by atoms with E-state index >= 15 is 0 Å². The summed E-state index contributed by atoms with van der Waals surface area (Å²) in [5.74, 6) is -5.51. The second kappa shape index (κ2) is 13.2. The van der Waals surface area contributed by atoms with Crippen molar-refractivity contribution >= 4 is 43.2 Å². The van der Waals surface area contributed by atoms with Gasteiger partial charge in [-0.2, -0.15) is 0 Å². The van der Waals surface area contributed by atoms with E-state index < -0.39 is 71.0 Å². The van der Waals surface area contributed by atoms with Gasteiger partial charge in [0.1, 0.15) is 11.0 Å². The second-order valence-electron chi connectivity index (χ2n) is 9.47. The number of sulfone groups is 2. The highest BCUT2D eigenvalue weighted by molar-refractivity contribution is 7.93. The van der Waals surface area contributed by atoms with Gasteiger partial charge in [-0.05, 0) is 61.4 Å². The summed E-state index contributed by atoms with van der Waals surface area (Å²) in [6, 6.07) is 20.2. The van der Waals surface area contributed by atoms with Crippen molar-refractivity contribution in [2.45, 2.75) is 34.8 Å². The molecule has 3 aromatic carbocycles. The predicted octanol–water partition coefficient (Wildman–Crippen LogP) is 4.99. The highest BCUT2D eigenvalue weighted by atomic mass is 35.5. The number of esters is 2. The van der Waals surface area contributed by atoms with Gasteiger partial charge in [0.05, 0.1) is 45.8 Å². The molecule has 1 aliphatic carbocycles. The number of carbonyl (C=O) groups excluding carboxylic acids is 2. The zero-order valence-corrected chi connectivity index (χ0v) is 25.7. The lowest BCUT2D eigenvalue weighted by molar-refractivity contribution is -0.139. The Morgan fingerprint density at radius 2 is 1.23 bits per heavy atom. The summed E-state index contributed by atoms with van der Waals surface area (Å²) in [6.07, 6.45) is 0. The summed E-state index contributed by atoms with van der Waals surface area (Å²) < 4.78 is 66.5. The van der Waals surface area contributed by atoms with Crippen molar-refractivity contribution in [2.24, 2.45) is 0 Å². The first kappa shape index (κ1) is 32.0. The molecule has 0 unspecified atom stereocenters. The molecule has 0 saturated heterocycles. The molecule has 0 aromatic heterocycles. The first-order chi connectivity index (χ1) is 20.4. The third-order valence-electron chi connectivity index (χ3n) is 6.79. The lowest BCUT2D eigenvalue weighted by Gasteiger charge is -2.34. The minimum atomic E-state index is -4.66. The molecule has 0 bridgehead atoms. The van der Waals surface area contributed by atoms with E-state index in [0.717, 1.165) is 0 Å². The number of hydrogen-bond acceptors (Lipinski definition) is 9. The Morgan fingerprint density at radius 3 is 1.74 bits per heavy atom. The Kier molecular flexibility index (Phi) is 9.79. The predicted molar refractivity (Wildman–Crippen MR) is 160 cm³/mol. The average Bonchev–Trinajstić information content (AvgIpc) is 2.98. The minimum absolute atomic E-state index is 0.132. The molecule has 9 nitrogen and oxygen atoms in total. The van der Waals surface area contributed by atoms with Gasteiger partial charge in [-0.15, -0.1) is 0 Å². The van der Waals surface area contributed by atoms with Crippen LogP contribution >= 0.6 is 11.6 Å². The van der Waals surface area contributed by atoms with Crippen molar-refractivity contribution < 1.29 is 41.0 Å². The summed E-state index contributed by atoms with van der Waals surface area (Å²) in [5.41, 5.74) is -1.14. The van der Waals surface area contributed by atoms with Gasteiger partial charge in [-0.3, -0.25) is 0 Å². The van der Waals surface area contributed by atoms with Gasteiger partial charge in [0.25, 0.3) is 0 Å². The van der Waals surface area contributed by atoms with Gasteiger partial charge in [0.2, 0.25) is 0 Å². The number of aliphatic hydroxyl groups excluding tert-OH is 1. The Balaban J connectivity index is 2.14. The van der Waals surface area contributed by atoms with Crippen LogP contribution in [0.5, 0.6) is 0 Å². The molecule has 12 heteroatoms. The standard InChI is InChI=1S/C31H29ClO9S2/c1-3-40-30(34)26-24(19-42(36,37)22-11-7-5-8-12-22)29(43(38,39)23-13-9-6-10-14-23)28(33)27(31(35)41-4-2)25(26)20-15-17-21(32)18-16-20/h5-18,25,29,33H,3-4,19H2,1-2H3/t25-,29+/m0/s1. The molecule has 0 aliphatic heterocycles. The molecule has 0 amide bonds. The number of aliphatic hydroxyl groups is 1. The van der Waals surface area contributed by atoms with Crippen molar-refractivity contribution in [3.8, 4) is 0 Å². The van der Waals surface area contributed by atoms with Gasteiger partial charge < -0.3 is 14.6 Å². The SMILES string of the molecule is CCOC(=O)C1=C(O)[C@H](S(=O)(=O)c2ccccc2)C(CS(=O)(=O)c2ccccc2)=C(C(=O)OCC)[C@@H]1c1ccc(Cl)cc1. The molecule has 4 rings (SSSR count). The van der Waals surface area contributed by atoms with E-state index in [4.69, 9.17) is 21.1 Å². The Labute approximate surface area is 255 Å². The number of rotatable bonds is 10. The van der Waals surface area contributed by atoms with Crippen LogP contribution in [0.1, 0.15) is 25.3 Å². The number of hydrogen-bond donors (Lipinski definition) is 1. The third-order valence-corrected chi connectivity index (χ3v) is 10.8. The maximum atomic E-state index is 14.2. The van der Waals surface area contributed by atoms with E-state index in [-0.39, 0.29) is 28.6 Å². The highest BCUT2D eigenvalue weighted by Gasteiger charge is 2.50. The van der Waals surface area contributed by atoms with E-state index in [0.29, 0.717) is 5.02 Å². The van der Waals surface area contributed by atoms with Crippen LogP contribution in [0.15, 0.2) is 117 Å². The van der Waals surface area contributed by atoms with Crippen molar-refractivity contribution in [3.05, 3.63) is 118 Å². The Morgan fingerprint density at radius 1 is 0.744 bits per heavy atom. The minimum Gasteiger partial charge on any atom is -0.510 e. The van der Waals surface area contributed by atoms with Gasteiger partial charge in [0, 0.05) is 5.02 Å². The lowest BCUT2D eigenvalue weighted by atomic mass is 9.76. The number of ether oxygens (including phenoxy) is 2. The van der Waals surface area contributed by atoms with Crippen LogP contribution in [0.4, 0.5) is 0 Å². The van der Waals surface area contributed by atoms with Crippen molar-refractivity contribution in [1.29, 1.82) is 0 Å². The maximum absolute atomic E-state index is 14.2. The highest BCUT2D eigenvalue weighted by Crippen LogP contribution is 2.46. The average molecular weight is 645 g/mol. The molecular formula is C31H29ClO9S2. The van der Waals surface area contributed by atoms with E-state index in [2.05, 4.69) is 0 Å². The van der Waals surface area contributed by atoms with Gasteiger partial charge >= 0.3 is 11.9 Å². The molecule has 43 heavy (non-hydrogen) atoms. The zero-order valence-electron chi connectivity index (χ0n) is 23.3. The number of halogens is 1. The normalized spacial score (nSPS) is 17.5. The van der Waals surface area contributed by atoms with Gasteiger partial charge in [0.15, 0.2) is 19.7 Å². The summed E-state index contributed by atoms with van der Waals surface area (Å²) >= 11 is 6.10. The van der Waals surface area contributed by atoms with Crippen LogP contribution in [0.25, 0.3) is 0 Å². The lowest BCUT2D eigenvalue weighted by Crippen LogP contribution is -2.40. The van der Waals surface area contributed by atoms with Crippen LogP contribution in [0, 0.1) is 0 Å². The Hall–Kier alpha value is -3.93. The topological polar surface area (TPSA) is 141 Å². The van der Waals surface area contributed by atoms with Crippen molar-refractivity contribution in [3.63, 3.8) is 0 Å². The van der Waals surface area contributed by atoms with E-state index in [1.54, 1.807) is 12.1 Å². The van der Waals surface area contributed by atoms with Crippen molar-refractivity contribution in [2.75, 3.05) is 19.0 Å². The third kappa shape index (κ3) is 6.53. The van der Waals surface area contributed by atoms with Crippen molar-refractivity contribution in [1.82, 2.24) is 0 Å². The van der Waals surface area contributed by atoms with Crippen LogP contribution < -0.4 is 0 Å². The van der Waals surface area contributed by atoms with Crippen LogP contribution in [-0.4, -0.2) is 58.1 Å². The monoisotopic (exact) mass is 644 g/mol. The van der Waals surface area contributed by atoms with E-state index in [1.165, 1.54) is 86.6 Å². The molecule has 0 saturated carbocycles. The Bertz CT molecular complexity index is 1780. The molecular weight excluding hydrogens is 616 g/mol. The fourth-order valence-electron chi connectivity index (χ4n) is 4.95. The summed E-state index contributed by atoms with van der Waals surface area (Å²) in [7, 11) is -8.96. The molecule has 0 radical (unpaired) electrons. The smallest absolute Gasteiger partial charge is 0.338 e. The van der Waals surface area contributed by atoms with E-state index in [9.17, 15) is 31.5 Å². The number of benzene rings is 3. The maximum Gasteiger partial charge on any atom is 0.338 e. The molecule has 3 aromatic rings.